The lowest BCUT2D eigenvalue weighted by atomic mass is 10.2. The summed E-state index contributed by atoms with van der Waals surface area (Å²) in [4.78, 5) is 25.5. The fourth-order valence-electron chi connectivity index (χ4n) is 2.41. The number of anilines is 2. The zero-order valence-corrected chi connectivity index (χ0v) is 12.2. The summed E-state index contributed by atoms with van der Waals surface area (Å²) in [5.41, 5.74) is 0.894. The molecule has 22 heavy (non-hydrogen) atoms. The largest absolute Gasteiger partial charge is 0.373 e. The van der Waals surface area contributed by atoms with E-state index in [1.165, 1.54) is 18.2 Å². The molecule has 3 rings (SSSR count). The van der Waals surface area contributed by atoms with Crippen LogP contribution in [0, 0.1) is 5.82 Å². The van der Waals surface area contributed by atoms with Crippen LogP contribution in [0.3, 0.4) is 0 Å². The number of benzene rings is 2. The van der Waals surface area contributed by atoms with Gasteiger partial charge in [0.1, 0.15) is 11.9 Å². The quantitative estimate of drug-likeness (QED) is 0.884. The summed E-state index contributed by atoms with van der Waals surface area (Å²) in [6.07, 6.45) is 0.0157. The Morgan fingerprint density at radius 1 is 1.14 bits per heavy atom. The number of rotatable bonds is 3. The highest BCUT2D eigenvalue weighted by molar-refractivity contribution is 6.30. The average Bonchev–Trinajstić information content (AvgIpc) is 2.73. The third-order valence-electron chi connectivity index (χ3n) is 3.38. The molecule has 1 saturated heterocycles. The van der Waals surface area contributed by atoms with Crippen molar-refractivity contribution in [1.29, 1.82) is 0 Å². The summed E-state index contributed by atoms with van der Waals surface area (Å²) in [5.74, 6) is -1.27. The summed E-state index contributed by atoms with van der Waals surface area (Å²) in [6.45, 7) is 0. The molecule has 4 nitrogen and oxygen atoms in total. The zero-order valence-electron chi connectivity index (χ0n) is 11.4. The van der Waals surface area contributed by atoms with Gasteiger partial charge in [0.05, 0.1) is 12.1 Å². The summed E-state index contributed by atoms with van der Waals surface area (Å²) in [5, 5.41) is 3.52. The van der Waals surface area contributed by atoms with E-state index in [2.05, 4.69) is 5.32 Å². The Bertz CT molecular complexity index is 750. The molecule has 1 heterocycles. The minimum atomic E-state index is -0.686. The molecule has 1 atom stereocenters. The molecule has 0 saturated carbocycles. The Balaban J connectivity index is 1.82. The second-order valence-corrected chi connectivity index (χ2v) is 5.40. The van der Waals surface area contributed by atoms with Gasteiger partial charge in [-0.25, -0.2) is 9.29 Å². The lowest BCUT2D eigenvalue weighted by molar-refractivity contribution is -0.121. The number of nitrogens with one attached hydrogen (secondary N) is 1. The van der Waals surface area contributed by atoms with Gasteiger partial charge in [0.25, 0.3) is 5.91 Å². The molecular weight excluding hydrogens is 307 g/mol. The highest BCUT2D eigenvalue weighted by Crippen LogP contribution is 2.26. The van der Waals surface area contributed by atoms with Crippen molar-refractivity contribution in [3.63, 3.8) is 0 Å². The summed E-state index contributed by atoms with van der Waals surface area (Å²) >= 11 is 5.89. The first-order chi connectivity index (χ1) is 10.5. The van der Waals surface area contributed by atoms with E-state index in [-0.39, 0.29) is 18.0 Å². The standard InChI is InChI=1S/C16H12ClFN2O2/c17-10-3-1-5-12(7-10)19-14-9-15(21)20(16(14)22)13-6-2-4-11(18)8-13/h1-8,14,19H,9H2/t14-/m1/s1. The fraction of sp³-hybridized carbons (Fsp3) is 0.125. The number of amides is 2. The third-order valence-corrected chi connectivity index (χ3v) is 3.61. The summed E-state index contributed by atoms with van der Waals surface area (Å²) in [7, 11) is 0. The van der Waals surface area contributed by atoms with Crippen LogP contribution in [-0.2, 0) is 9.59 Å². The molecule has 1 fully saturated rings. The van der Waals surface area contributed by atoms with Crippen LogP contribution in [0.2, 0.25) is 5.02 Å². The van der Waals surface area contributed by atoms with Gasteiger partial charge in [0.2, 0.25) is 5.91 Å². The lowest BCUT2D eigenvalue weighted by Gasteiger charge is -2.16. The van der Waals surface area contributed by atoms with Crippen molar-refractivity contribution < 1.29 is 14.0 Å². The Kier molecular flexibility index (Phi) is 3.81. The second kappa shape index (κ2) is 5.77. The Labute approximate surface area is 131 Å². The van der Waals surface area contributed by atoms with Crippen LogP contribution < -0.4 is 10.2 Å². The number of carbonyl (C=O) groups is 2. The van der Waals surface area contributed by atoms with E-state index in [4.69, 9.17) is 11.6 Å². The van der Waals surface area contributed by atoms with Crippen molar-refractivity contribution in [2.24, 2.45) is 0 Å². The maximum absolute atomic E-state index is 13.3. The predicted molar refractivity (Wildman–Crippen MR) is 82.4 cm³/mol. The summed E-state index contributed by atoms with van der Waals surface area (Å²) in [6, 6.07) is 11.6. The zero-order chi connectivity index (χ0) is 15.7. The SMILES string of the molecule is O=C1C[C@@H](Nc2cccc(Cl)c2)C(=O)N1c1cccc(F)c1. The van der Waals surface area contributed by atoms with Crippen LogP contribution in [0.15, 0.2) is 48.5 Å². The van der Waals surface area contributed by atoms with Gasteiger partial charge in [0.15, 0.2) is 0 Å². The normalized spacial score (nSPS) is 17.9. The average molecular weight is 319 g/mol. The molecule has 6 heteroatoms. The van der Waals surface area contributed by atoms with Crippen molar-refractivity contribution in [2.45, 2.75) is 12.5 Å². The van der Waals surface area contributed by atoms with Crippen molar-refractivity contribution >= 4 is 34.8 Å². The maximum atomic E-state index is 13.3. The van der Waals surface area contributed by atoms with Gasteiger partial charge in [-0.3, -0.25) is 9.59 Å². The van der Waals surface area contributed by atoms with E-state index in [1.807, 2.05) is 0 Å². The molecule has 112 valence electrons. The third kappa shape index (κ3) is 2.80. The van der Waals surface area contributed by atoms with E-state index in [1.54, 1.807) is 24.3 Å². The monoisotopic (exact) mass is 318 g/mol. The topological polar surface area (TPSA) is 49.4 Å². The molecule has 2 aromatic rings. The smallest absolute Gasteiger partial charge is 0.256 e. The van der Waals surface area contributed by atoms with Crippen molar-refractivity contribution in [1.82, 2.24) is 0 Å². The van der Waals surface area contributed by atoms with Crippen LogP contribution in [0.4, 0.5) is 15.8 Å². The van der Waals surface area contributed by atoms with Crippen molar-refractivity contribution in [3.8, 4) is 0 Å². The van der Waals surface area contributed by atoms with E-state index in [0.717, 1.165) is 11.0 Å². The number of imide groups is 1. The van der Waals surface area contributed by atoms with E-state index < -0.39 is 17.8 Å². The van der Waals surface area contributed by atoms with Crippen LogP contribution in [0.25, 0.3) is 0 Å². The predicted octanol–water partition coefficient (Wildman–Crippen LogP) is 3.22. The van der Waals surface area contributed by atoms with E-state index in [9.17, 15) is 14.0 Å². The van der Waals surface area contributed by atoms with Crippen molar-refractivity contribution in [2.75, 3.05) is 10.2 Å². The van der Waals surface area contributed by atoms with Gasteiger partial charge in [-0.2, -0.15) is 0 Å². The highest BCUT2D eigenvalue weighted by atomic mass is 35.5. The molecule has 2 amide bonds. The molecule has 1 N–H and O–H groups in total. The van der Waals surface area contributed by atoms with Gasteiger partial charge in [0, 0.05) is 10.7 Å². The number of hydrogen-bond donors (Lipinski definition) is 1. The fourth-order valence-corrected chi connectivity index (χ4v) is 2.60. The molecular formula is C16H12ClFN2O2. The maximum Gasteiger partial charge on any atom is 0.256 e. The molecule has 0 unspecified atom stereocenters. The minimum Gasteiger partial charge on any atom is -0.373 e. The molecule has 1 aliphatic heterocycles. The first-order valence-electron chi connectivity index (χ1n) is 6.69. The molecule has 0 radical (unpaired) electrons. The van der Waals surface area contributed by atoms with Gasteiger partial charge in [-0.1, -0.05) is 23.7 Å². The molecule has 0 spiro atoms. The number of nitrogens with zero attached hydrogens (tertiary/aromatic N) is 1. The summed E-state index contributed by atoms with van der Waals surface area (Å²) < 4.78 is 13.3. The molecule has 0 aromatic heterocycles. The number of halogens is 2. The van der Waals surface area contributed by atoms with Crippen molar-refractivity contribution in [3.05, 3.63) is 59.4 Å². The highest BCUT2D eigenvalue weighted by Gasteiger charge is 2.39. The molecule has 1 aliphatic rings. The first kappa shape index (κ1) is 14.5. The van der Waals surface area contributed by atoms with Gasteiger partial charge >= 0.3 is 0 Å². The van der Waals surface area contributed by atoms with Crippen LogP contribution in [0.5, 0.6) is 0 Å². The van der Waals surface area contributed by atoms with E-state index in [0.29, 0.717) is 10.7 Å². The Morgan fingerprint density at radius 2 is 1.91 bits per heavy atom. The number of hydrogen-bond acceptors (Lipinski definition) is 3. The number of carbonyl (C=O) groups excluding carboxylic acids is 2. The van der Waals surface area contributed by atoms with E-state index >= 15 is 0 Å². The first-order valence-corrected chi connectivity index (χ1v) is 7.07. The van der Waals surface area contributed by atoms with Crippen LogP contribution in [0.1, 0.15) is 6.42 Å². The van der Waals surface area contributed by atoms with Gasteiger partial charge < -0.3 is 5.32 Å². The molecule has 2 aromatic carbocycles. The minimum absolute atomic E-state index is 0.0157. The molecule has 0 aliphatic carbocycles. The Hall–Kier alpha value is -2.40. The lowest BCUT2D eigenvalue weighted by Crippen LogP contribution is -2.34. The second-order valence-electron chi connectivity index (χ2n) is 4.96. The van der Waals surface area contributed by atoms with Crippen LogP contribution in [-0.4, -0.2) is 17.9 Å². The molecule has 0 bridgehead atoms. The van der Waals surface area contributed by atoms with Crippen LogP contribution >= 0.6 is 11.6 Å². The Morgan fingerprint density at radius 3 is 2.64 bits per heavy atom. The van der Waals surface area contributed by atoms with Gasteiger partial charge in [-0.15, -0.1) is 0 Å². The van der Waals surface area contributed by atoms with Gasteiger partial charge in [-0.05, 0) is 36.4 Å².